The van der Waals surface area contributed by atoms with Crippen molar-refractivity contribution in [2.75, 3.05) is 5.43 Å². The fourth-order valence-corrected chi connectivity index (χ4v) is 2.07. The van der Waals surface area contributed by atoms with Gasteiger partial charge >= 0.3 is 6.09 Å². The number of halogens is 1. The van der Waals surface area contributed by atoms with Gasteiger partial charge in [-0.1, -0.05) is 56.6 Å². The largest absolute Gasteiger partial charge is 0.443 e. The lowest BCUT2D eigenvalue weighted by atomic mass is 9.87. The topological polar surface area (TPSA) is 50.4 Å². The first-order valence-electron chi connectivity index (χ1n) is 7.38. The number of carbonyl (C=O) groups is 1. The molecule has 4 nitrogen and oxygen atoms in total. The first kappa shape index (κ1) is 17.2. The number of anilines is 1. The predicted octanol–water partition coefficient (Wildman–Crippen LogP) is 4.89. The maximum Gasteiger partial charge on any atom is 0.426 e. The molecule has 5 heteroatoms. The summed E-state index contributed by atoms with van der Waals surface area (Å²) in [6, 6.07) is 15.0. The minimum atomic E-state index is -0.542. The summed E-state index contributed by atoms with van der Waals surface area (Å²) in [7, 11) is 0. The summed E-state index contributed by atoms with van der Waals surface area (Å²) in [6.07, 6.45) is -0.542. The number of hydrazine groups is 1. The van der Waals surface area contributed by atoms with Crippen molar-refractivity contribution in [3.05, 3.63) is 64.7 Å². The SMILES string of the molecule is CC(C)(C)c1ccc(COC(=O)NNc2ccc(Cl)cc2)cc1. The second kappa shape index (κ2) is 7.38. The first-order chi connectivity index (χ1) is 10.8. The zero-order chi connectivity index (χ0) is 16.9. The average molecular weight is 333 g/mol. The molecule has 0 radical (unpaired) electrons. The van der Waals surface area contributed by atoms with Gasteiger partial charge in [-0.15, -0.1) is 0 Å². The highest BCUT2D eigenvalue weighted by Gasteiger charge is 2.13. The number of ether oxygens (including phenoxy) is 1. The van der Waals surface area contributed by atoms with Crippen molar-refractivity contribution in [2.24, 2.45) is 0 Å². The highest BCUT2D eigenvalue weighted by molar-refractivity contribution is 6.30. The monoisotopic (exact) mass is 332 g/mol. The second-order valence-electron chi connectivity index (χ2n) is 6.28. The lowest BCUT2D eigenvalue weighted by Gasteiger charge is -2.19. The van der Waals surface area contributed by atoms with Gasteiger partial charge in [0, 0.05) is 5.02 Å². The highest BCUT2D eigenvalue weighted by atomic mass is 35.5. The third kappa shape index (κ3) is 5.49. The highest BCUT2D eigenvalue weighted by Crippen LogP contribution is 2.22. The molecule has 0 saturated heterocycles. The van der Waals surface area contributed by atoms with E-state index in [4.69, 9.17) is 16.3 Å². The predicted molar refractivity (Wildman–Crippen MR) is 93.5 cm³/mol. The number of carbonyl (C=O) groups excluding carboxylic acids is 1. The summed E-state index contributed by atoms with van der Waals surface area (Å²) in [6.45, 7) is 6.70. The maximum atomic E-state index is 11.7. The molecule has 0 atom stereocenters. The van der Waals surface area contributed by atoms with Gasteiger partial charge in [-0.2, -0.15) is 0 Å². The Morgan fingerprint density at radius 1 is 1.04 bits per heavy atom. The molecule has 0 spiro atoms. The fraction of sp³-hybridized carbons (Fsp3) is 0.278. The maximum absolute atomic E-state index is 11.7. The van der Waals surface area contributed by atoms with Crippen LogP contribution in [-0.4, -0.2) is 6.09 Å². The Balaban J connectivity index is 1.79. The number of amides is 1. The Bertz CT molecular complexity index is 646. The van der Waals surface area contributed by atoms with E-state index in [2.05, 4.69) is 43.8 Å². The third-order valence-corrected chi connectivity index (χ3v) is 3.59. The smallest absolute Gasteiger partial charge is 0.426 e. The Morgan fingerprint density at radius 2 is 1.65 bits per heavy atom. The summed E-state index contributed by atoms with van der Waals surface area (Å²) in [5, 5.41) is 0.636. The van der Waals surface area contributed by atoms with Crippen molar-refractivity contribution in [3.63, 3.8) is 0 Å². The quantitative estimate of drug-likeness (QED) is 0.784. The van der Waals surface area contributed by atoms with Gasteiger partial charge in [-0.25, -0.2) is 10.2 Å². The number of benzene rings is 2. The number of rotatable bonds is 4. The molecule has 0 aliphatic heterocycles. The third-order valence-electron chi connectivity index (χ3n) is 3.34. The van der Waals surface area contributed by atoms with Crippen LogP contribution in [0, 0.1) is 0 Å². The minimum Gasteiger partial charge on any atom is -0.443 e. The molecule has 2 aromatic rings. The van der Waals surface area contributed by atoms with Gasteiger partial charge in [-0.3, -0.25) is 5.43 Å². The minimum absolute atomic E-state index is 0.110. The van der Waals surface area contributed by atoms with Crippen LogP contribution >= 0.6 is 11.6 Å². The molecule has 0 heterocycles. The van der Waals surface area contributed by atoms with Crippen molar-refractivity contribution in [1.29, 1.82) is 0 Å². The van der Waals surface area contributed by atoms with Crippen LogP contribution in [0.1, 0.15) is 31.9 Å². The lowest BCUT2D eigenvalue weighted by molar-refractivity contribution is 0.142. The summed E-state index contributed by atoms with van der Waals surface area (Å²) in [5.41, 5.74) is 8.25. The Morgan fingerprint density at radius 3 is 2.22 bits per heavy atom. The van der Waals surface area contributed by atoms with Gasteiger partial charge in [0.1, 0.15) is 6.61 Å². The molecule has 2 N–H and O–H groups in total. The fourth-order valence-electron chi connectivity index (χ4n) is 1.94. The first-order valence-corrected chi connectivity index (χ1v) is 7.76. The van der Waals surface area contributed by atoms with E-state index < -0.39 is 6.09 Å². The lowest BCUT2D eigenvalue weighted by Crippen LogP contribution is -2.29. The number of nitrogens with one attached hydrogen (secondary N) is 2. The molecule has 0 aromatic heterocycles. The second-order valence-corrected chi connectivity index (χ2v) is 6.72. The van der Waals surface area contributed by atoms with E-state index in [1.54, 1.807) is 24.3 Å². The Hall–Kier alpha value is -2.20. The van der Waals surface area contributed by atoms with Gasteiger partial charge in [0.2, 0.25) is 0 Å². The molecule has 0 saturated carbocycles. The van der Waals surface area contributed by atoms with Crippen molar-refractivity contribution >= 4 is 23.4 Å². The summed E-state index contributed by atoms with van der Waals surface area (Å²) >= 11 is 5.79. The molecule has 0 aliphatic carbocycles. The van der Waals surface area contributed by atoms with Gasteiger partial charge in [0.25, 0.3) is 0 Å². The zero-order valence-electron chi connectivity index (χ0n) is 13.5. The van der Waals surface area contributed by atoms with Crippen LogP contribution in [0.4, 0.5) is 10.5 Å². The standard InChI is InChI=1S/C18H21ClN2O2/c1-18(2,3)14-6-4-13(5-7-14)12-23-17(22)21-20-16-10-8-15(19)9-11-16/h4-11,20H,12H2,1-3H3,(H,21,22). The van der Waals surface area contributed by atoms with Crippen LogP contribution in [0.2, 0.25) is 5.02 Å². The van der Waals surface area contributed by atoms with Crippen LogP contribution < -0.4 is 10.9 Å². The molecule has 122 valence electrons. The van der Waals surface area contributed by atoms with Crippen molar-refractivity contribution in [3.8, 4) is 0 Å². The van der Waals surface area contributed by atoms with Crippen molar-refractivity contribution < 1.29 is 9.53 Å². The molecule has 0 aliphatic rings. The molecule has 1 amide bonds. The van der Waals surface area contributed by atoms with Crippen LogP contribution in [0.25, 0.3) is 0 Å². The molecular formula is C18H21ClN2O2. The van der Waals surface area contributed by atoms with Gasteiger partial charge < -0.3 is 4.74 Å². The van der Waals surface area contributed by atoms with E-state index in [1.807, 2.05) is 12.1 Å². The van der Waals surface area contributed by atoms with Crippen molar-refractivity contribution in [1.82, 2.24) is 5.43 Å². The normalized spacial score (nSPS) is 11.0. The van der Waals surface area contributed by atoms with Crippen LogP contribution in [0.5, 0.6) is 0 Å². The Labute approximate surface area is 141 Å². The van der Waals surface area contributed by atoms with E-state index in [0.29, 0.717) is 5.02 Å². The van der Waals surface area contributed by atoms with Crippen LogP contribution in [-0.2, 0) is 16.8 Å². The van der Waals surface area contributed by atoms with Crippen molar-refractivity contribution in [2.45, 2.75) is 32.8 Å². The van der Waals surface area contributed by atoms with E-state index in [1.165, 1.54) is 5.56 Å². The summed E-state index contributed by atoms with van der Waals surface area (Å²) < 4.78 is 5.16. The van der Waals surface area contributed by atoms with E-state index in [0.717, 1.165) is 11.3 Å². The number of hydrogen-bond donors (Lipinski definition) is 2. The Kier molecular flexibility index (Phi) is 5.50. The average Bonchev–Trinajstić information content (AvgIpc) is 2.52. The van der Waals surface area contributed by atoms with E-state index in [9.17, 15) is 4.79 Å². The molecule has 0 fully saturated rings. The molecule has 23 heavy (non-hydrogen) atoms. The molecular weight excluding hydrogens is 312 g/mol. The number of hydrogen-bond acceptors (Lipinski definition) is 3. The summed E-state index contributed by atoms with van der Waals surface area (Å²) in [4.78, 5) is 11.7. The van der Waals surface area contributed by atoms with Gasteiger partial charge in [0.15, 0.2) is 0 Å². The molecule has 0 bridgehead atoms. The zero-order valence-corrected chi connectivity index (χ0v) is 14.3. The molecule has 0 unspecified atom stereocenters. The van der Waals surface area contributed by atoms with E-state index in [-0.39, 0.29) is 12.0 Å². The molecule has 2 rings (SSSR count). The van der Waals surface area contributed by atoms with Gasteiger partial charge in [-0.05, 0) is 40.8 Å². The molecule has 2 aromatic carbocycles. The summed E-state index contributed by atoms with van der Waals surface area (Å²) in [5.74, 6) is 0. The van der Waals surface area contributed by atoms with E-state index >= 15 is 0 Å². The van der Waals surface area contributed by atoms with Gasteiger partial charge in [0.05, 0.1) is 5.69 Å². The van der Waals surface area contributed by atoms with Crippen LogP contribution in [0.15, 0.2) is 48.5 Å². The van der Waals surface area contributed by atoms with Crippen LogP contribution in [0.3, 0.4) is 0 Å².